The van der Waals surface area contributed by atoms with Gasteiger partial charge in [-0.2, -0.15) is 0 Å². The number of rotatable bonds is 14. The molecule has 0 aliphatic carbocycles. The van der Waals surface area contributed by atoms with Crippen LogP contribution in [0.5, 0.6) is 0 Å². The van der Waals surface area contributed by atoms with E-state index in [0.717, 1.165) is 13.8 Å². The summed E-state index contributed by atoms with van der Waals surface area (Å²) in [6, 6.07) is 23.9. The summed E-state index contributed by atoms with van der Waals surface area (Å²) < 4.78 is 70.5. The van der Waals surface area contributed by atoms with Gasteiger partial charge in [0.15, 0.2) is 49.2 Å². The molecule has 0 N–H and O–H groups in total. The molecule has 60 heavy (non-hydrogen) atoms. The maximum atomic E-state index is 13.7. The highest BCUT2D eigenvalue weighted by Gasteiger charge is 2.60. The Kier molecular flexibility index (Phi) is 14.3. The van der Waals surface area contributed by atoms with Gasteiger partial charge in [-0.25, -0.2) is 14.4 Å². The van der Waals surface area contributed by atoms with Gasteiger partial charge in [-0.3, -0.25) is 19.1 Å². The minimum Gasteiger partial charge on any atom is -0.463 e. The number of esters is 6. The molecule has 3 aromatic carbocycles. The molecule has 0 unspecified atom stereocenters. The van der Waals surface area contributed by atoms with Gasteiger partial charge < -0.3 is 52.1 Å². The molecule has 3 fully saturated rings. The zero-order valence-electron chi connectivity index (χ0n) is 33.2. The van der Waals surface area contributed by atoms with Crippen molar-refractivity contribution in [2.45, 2.75) is 95.1 Å². The Labute approximate surface area is 344 Å². The smallest absolute Gasteiger partial charge is 0.338 e. The van der Waals surface area contributed by atoms with E-state index >= 15 is 0 Å². The second-order valence-corrected chi connectivity index (χ2v) is 13.9. The van der Waals surface area contributed by atoms with E-state index in [0.29, 0.717) is 0 Å². The lowest BCUT2D eigenvalue weighted by atomic mass is 9.97. The van der Waals surface area contributed by atoms with E-state index in [4.69, 9.17) is 56.8 Å². The zero-order valence-corrected chi connectivity index (χ0v) is 33.2. The predicted molar refractivity (Wildman–Crippen MR) is 199 cm³/mol. The second-order valence-electron chi connectivity index (χ2n) is 13.9. The van der Waals surface area contributed by atoms with Crippen molar-refractivity contribution in [3.8, 4) is 0 Å². The molecule has 0 amide bonds. The first-order chi connectivity index (χ1) is 28.7. The van der Waals surface area contributed by atoms with E-state index in [1.807, 2.05) is 0 Å². The summed E-state index contributed by atoms with van der Waals surface area (Å²) in [6.45, 7) is 3.86. The number of carbonyl (C=O) groups is 6. The second kappa shape index (κ2) is 19.5. The standard InChI is InChI=1S/C42H44O18/c1-23(43)50-21-29-31(52-24(2)44)34(53-25(3)45)36-41(55-29)60-42(4,59-36)51-22-30-32(56-37(46)26-15-9-6-10-16-26)33(57-38(47)27-17-11-7-12-18-27)35(40(49-5)54-30)58-39(48)28-19-13-8-14-20-28/h6-20,29-36,40-41H,21-22H2,1-5H3/t29-,30-,31-,32-,33+,34+,35+,36+,40+,41+,42+/m1/s1. The molecule has 3 aliphatic heterocycles. The van der Waals surface area contributed by atoms with Gasteiger partial charge in [-0.05, 0) is 36.4 Å². The van der Waals surface area contributed by atoms with Crippen LogP contribution < -0.4 is 0 Å². The molecular weight excluding hydrogens is 792 g/mol. The average Bonchev–Trinajstić information content (AvgIpc) is 3.58. The number of methoxy groups -OCH3 is 1. The number of benzene rings is 3. The Hall–Kier alpha value is -5.76. The van der Waals surface area contributed by atoms with E-state index in [-0.39, 0.29) is 16.7 Å². The van der Waals surface area contributed by atoms with Gasteiger partial charge in [0, 0.05) is 34.8 Å². The maximum absolute atomic E-state index is 13.7. The number of carbonyl (C=O) groups excluding carboxylic acids is 6. The summed E-state index contributed by atoms with van der Waals surface area (Å²) in [7, 11) is 1.27. The third-order valence-electron chi connectivity index (χ3n) is 9.42. The van der Waals surface area contributed by atoms with Crippen LogP contribution in [0.25, 0.3) is 0 Å². The fourth-order valence-electron chi connectivity index (χ4n) is 6.78. The van der Waals surface area contributed by atoms with Crippen molar-refractivity contribution >= 4 is 35.8 Å². The first-order valence-corrected chi connectivity index (χ1v) is 18.8. The van der Waals surface area contributed by atoms with Gasteiger partial charge in [-0.15, -0.1) is 0 Å². The van der Waals surface area contributed by atoms with Crippen LogP contribution in [0.15, 0.2) is 91.0 Å². The van der Waals surface area contributed by atoms with Crippen molar-refractivity contribution in [3.63, 3.8) is 0 Å². The minimum atomic E-state index is -2.03. The zero-order chi connectivity index (χ0) is 43.0. The molecule has 0 radical (unpaired) electrons. The number of fused-ring (bicyclic) bond motifs is 1. The lowest BCUT2D eigenvalue weighted by molar-refractivity contribution is -0.363. The van der Waals surface area contributed by atoms with E-state index in [1.54, 1.807) is 54.6 Å². The summed E-state index contributed by atoms with van der Waals surface area (Å²) in [6.07, 6.45) is -13.8. The molecular formula is C42H44O18. The Morgan fingerprint density at radius 1 is 0.533 bits per heavy atom. The fourth-order valence-corrected chi connectivity index (χ4v) is 6.78. The van der Waals surface area contributed by atoms with Crippen molar-refractivity contribution in [1.29, 1.82) is 0 Å². The van der Waals surface area contributed by atoms with E-state index in [9.17, 15) is 28.8 Å². The molecule has 320 valence electrons. The molecule has 3 heterocycles. The molecule has 3 aromatic rings. The van der Waals surface area contributed by atoms with Crippen molar-refractivity contribution in [3.05, 3.63) is 108 Å². The molecule has 0 saturated carbocycles. The van der Waals surface area contributed by atoms with E-state index in [2.05, 4.69) is 0 Å². The van der Waals surface area contributed by atoms with Gasteiger partial charge in [0.25, 0.3) is 5.97 Å². The fraction of sp³-hybridized carbons (Fsp3) is 0.429. The topological polar surface area (TPSA) is 213 Å². The van der Waals surface area contributed by atoms with Gasteiger partial charge in [0.1, 0.15) is 18.8 Å². The molecule has 6 rings (SSSR count). The lowest BCUT2D eigenvalue weighted by Gasteiger charge is -2.44. The molecule has 11 atom stereocenters. The van der Waals surface area contributed by atoms with Crippen LogP contribution >= 0.6 is 0 Å². The average molecular weight is 837 g/mol. The predicted octanol–water partition coefficient (Wildman–Crippen LogP) is 3.29. The highest BCUT2D eigenvalue weighted by Crippen LogP contribution is 2.40. The largest absolute Gasteiger partial charge is 0.463 e. The highest BCUT2D eigenvalue weighted by atomic mass is 16.9. The monoisotopic (exact) mass is 836 g/mol. The van der Waals surface area contributed by atoms with Crippen LogP contribution in [0.1, 0.15) is 58.8 Å². The first-order valence-electron chi connectivity index (χ1n) is 18.8. The normalized spacial score (nSPS) is 29.6. The van der Waals surface area contributed by atoms with E-state index < -0.39 is 116 Å². The summed E-state index contributed by atoms with van der Waals surface area (Å²) in [5, 5.41) is 0. The molecule has 0 spiro atoms. The maximum Gasteiger partial charge on any atom is 0.338 e. The third kappa shape index (κ3) is 10.7. The molecule has 18 heteroatoms. The summed E-state index contributed by atoms with van der Waals surface area (Å²) in [5.41, 5.74) is 0.431. The van der Waals surface area contributed by atoms with Crippen LogP contribution in [0.2, 0.25) is 0 Å². The highest BCUT2D eigenvalue weighted by molar-refractivity contribution is 5.91. The summed E-state index contributed by atoms with van der Waals surface area (Å²) >= 11 is 0. The first kappa shape index (κ1) is 43.8. The number of hydrogen-bond donors (Lipinski definition) is 0. The summed E-state index contributed by atoms with van der Waals surface area (Å²) in [5.74, 6) is -6.72. The Balaban J connectivity index is 1.32. The van der Waals surface area contributed by atoms with Crippen LogP contribution in [0.3, 0.4) is 0 Å². The molecule has 0 bridgehead atoms. The Bertz CT molecular complexity index is 1980. The molecule has 3 saturated heterocycles. The van der Waals surface area contributed by atoms with Gasteiger partial charge >= 0.3 is 35.8 Å². The van der Waals surface area contributed by atoms with Crippen molar-refractivity contribution in [2.24, 2.45) is 0 Å². The number of ether oxygens (including phenoxy) is 12. The Morgan fingerprint density at radius 3 is 1.47 bits per heavy atom. The van der Waals surface area contributed by atoms with Crippen LogP contribution in [-0.2, 0) is 71.2 Å². The summed E-state index contributed by atoms with van der Waals surface area (Å²) in [4.78, 5) is 77.1. The quantitative estimate of drug-likeness (QED) is 0.168. The SMILES string of the molecule is CO[C@H]1O[C@H](CO[C@]2(C)O[C@@H]3O[C@H](COC(C)=O)[C@@H](OC(C)=O)[C@H](OC(C)=O)[C@@H]3O2)[C@@H](OC(=O)c2ccccc2)[C@H](OC(=O)c2ccccc2)[C@@H]1OC(=O)c1ccccc1. The van der Waals surface area contributed by atoms with Crippen molar-refractivity contribution in [1.82, 2.24) is 0 Å². The van der Waals surface area contributed by atoms with Crippen molar-refractivity contribution < 1.29 is 85.6 Å². The Morgan fingerprint density at radius 2 is 0.983 bits per heavy atom. The van der Waals surface area contributed by atoms with Crippen LogP contribution in [0.4, 0.5) is 0 Å². The number of hydrogen-bond acceptors (Lipinski definition) is 18. The minimum absolute atomic E-state index is 0.134. The molecule has 3 aliphatic rings. The van der Waals surface area contributed by atoms with Crippen molar-refractivity contribution in [2.75, 3.05) is 20.3 Å². The van der Waals surface area contributed by atoms with Gasteiger partial charge in [0.2, 0.25) is 0 Å². The van der Waals surface area contributed by atoms with Gasteiger partial charge in [0.05, 0.1) is 23.3 Å². The van der Waals surface area contributed by atoms with Crippen LogP contribution in [0, 0.1) is 0 Å². The lowest BCUT2D eigenvalue weighted by Crippen LogP contribution is -2.63. The third-order valence-corrected chi connectivity index (χ3v) is 9.42. The molecule has 18 nitrogen and oxygen atoms in total. The van der Waals surface area contributed by atoms with Gasteiger partial charge in [-0.1, -0.05) is 54.6 Å². The van der Waals surface area contributed by atoms with E-state index in [1.165, 1.54) is 57.4 Å². The van der Waals surface area contributed by atoms with Crippen LogP contribution in [-0.4, -0.2) is 124 Å². The molecule has 0 aromatic heterocycles.